The standard InChI is InChI=1S/C13H17N3O2/c1-5-18-12(17)13(2,3)11-15-10-9(16(11)4)7-6-8-14-10/h6-8H,5H2,1-4H3. The van der Waals surface area contributed by atoms with Gasteiger partial charge in [0.2, 0.25) is 0 Å². The van der Waals surface area contributed by atoms with Crippen LogP contribution in [0.3, 0.4) is 0 Å². The molecule has 0 bridgehead atoms. The van der Waals surface area contributed by atoms with Gasteiger partial charge in [0.15, 0.2) is 5.65 Å². The molecule has 0 amide bonds. The number of aromatic nitrogens is 3. The van der Waals surface area contributed by atoms with Crippen LogP contribution in [0.25, 0.3) is 11.2 Å². The van der Waals surface area contributed by atoms with E-state index in [9.17, 15) is 4.79 Å². The fraction of sp³-hybridized carbons (Fsp3) is 0.462. The maximum atomic E-state index is 12.0. The SMILES string of the molecule is CCOC(=O)C(C)(C)c1nc2ncccc2n1C. The predicted octanol–water partition coefficient (Wildman–Crippen LogP) is 1.81. The van der Waals surface area contributed by atoms with Crippen molar-refractivity contribution in [1.82, 2.24) is 14.5 Å². The Balaban J connectivity index is 2.53. The summed E-state index contributed by atoms with van der Waals surface area (Å²) in [5.41, 5.74) is 0.767. The monoisotopic (exact) mass is 247 g/mol. The molecule has 2 aromatic heterocycles. The Labute approximate surface area is 106 Å². The van der Waals surface area contributed by atoms with E-state index in [-0.39, 0.29) is 5.97 Å². The highest BCUT2D eigenvalue weighted by molar-refractivity contribution is 5.83. The van der Waals surface area contributed by atoms with Gasteiger partial charge in [0, 0.05) is 13.2 Å². The lowest BCUT2D eigenvalue weighted by atomic mass is 9.92. The van der Waals surface area contributed by atoms with E-state index >= 15 is 0 Å². The van der Waals surface area contributed by atoms with Crippen LogP contribution in [0.5, 0.6) is 0 Å². The number of hydrogen-bond donors (Lipinski definition) is 0. The van der Waals surface area contributed by atoms with Crippen LogP contribution in [-0.4, -0.2) is 27.1 Å². The lowest BCUT2D eigenvalue weighted by Crippen LogP contribution is -2.33. The van der Waals surface area contributed by atoms with E-state index in [0.29, 0.717) is 18.1 Å². The first-order valence-electron chi connectivity index (χ1n) is 5.93. The molecule has 0 fully saturated rings. The minimum atomic E-state index is -0.786. The van der Waals surface area contributed by atoms with Crippen LogP contribution in [0, 0.1) is 0 Å². The van der Waals surface area contributed by atoms with E-state index in [1.165, 1.54) is 0 Å². The van der Waals surface area contributed by atoms with Gasteiger partial charge < -0.3 is 9.30 Å². The quantitative estimate of drug-likeness (QED) is 0.776. The van der Waals surface area contributed by atoms with Gasteiger partial charge in [-0.05, 0) is 32.9 Å². The van der Waals surface area contributed by atoms with Crippen LogP contribution in [0.1, 0.15) is 26.6 Å². The zero-order valence-electron chi connectivity index (χ0n) is 11.1. The van der Waals surface area contributed by atoms with Crippen molar-refractivity contribution in [2.75, 3.05) is 6.61 Å². The van der Waals surface area contributed by atoms with Crippen molar-refractivity contribution in [1.29, 1.82) is 0 Å². The largest absolute Gasteiger partial charge is 0.465 e. The highest BCUT2D eigenvalue weighted by atomic mass is 16.5. The fourth-order valence-corrected chi connectivity index (χ4v) is 1.99. The van der Waals surface area contributed by atoms with E-state index < -0.39 is 5.41 Å². The highest BCUT2D eigenvalue weighted by Crippen LogP contribution is 2.26. The van der Waals surface area contributed by atoms with Crippen LogP contribution in [0.2, 0.25) is 0 Å². The van der Waals surface area contributed by atoms with Gasteiger partial charge in [-0.25, -0.2) is 9.97 Å². The maximum Gasteiger partial charge on any atom is 0.319 e. The number of aryl methyl sites for hydroxylation is 1. The molecular formula is C13H17N3O2. The summed E-state index contributed by atoms with van der Waals surface area (Å²) in [6.07, 6.45) is 1.69. The lowest BCUT2D eigenvalue weighted by Gasteiger charge is -2.21. The number of esters is 1. The lowest BCUT2D eigenvalue weighted by molar-refractivity contribution is -0.149. The van der Waals surface area contributed by atoms with Crippen molar-refractivity contribution in [3.8, 4) is 0 Å². The molecule has 0 spiro atoms. The minimum Gasteiger partial charge on any atom is -0.465 e. The third kappa shape index (κ3) is 1.85. The van der Waals surface area contributed by atoms with E-state index in [1.807, 2.05) is 37.6 Å². The number of ether oxygens (including phenoxy) is 1. The first-order chi connectivity index (χ1) is 8.48. The number of nitrogens with zero attached hydrogens (tertiary/aromatic N) is 3. The fourth-order valence-electron chi connectivity index (χ4n) is 1.99. The molecule has 0 aliphatic heterocycles. The van der Waals surface area contributed by atoms with Gasteiger partial charge in [0.05, 0.1) is 12.1 Å². The van der Waals surface area contributed by atoms with Gasteiger partial charge in [-0.1, -0.05) is 0 Å². The van der Waals surface area contributed by atoms with Gasteiger partial charge in [-0.15, -0.1) is 0 Å². The summed E-state index contributed by atoms with van der Waals surface area (Å²) < 4.78 is 6.99. The zero-order chi connectivity index (χ0) is 13.3. The summed E-state index contributed by atoms with van der Waals surface area (Å²) in [7, 11) is 1.88. The van der Waals surface area contributed by atoms with Crippen LogP contribution in [0.15, 0.2) is 18.3 Å². The summed E-state index contributed by atoms with van der Waals surface area (Å²) in [6, 6.07) is 3.78. The highest BCUT2D eigenvalue weighted by Gasteiger charge is 2.36. The molecule has 2 rings (SSSR count). The molecule has 2 aromatic rings. The Bertz CT molecular complexity index is 587. The maximum absolute atomic E-state index is 12.0. The van der Waals surface area contributed by atoms with Gasteiger partial charge in [0.25, 0.3) is 0 Å². The van der Waals surface area contributed by atoms with E-state index in [2.05, 4.69) is 9.97 Å². The van der Waals surface area contributed by atoms with E-state index in [1.54, 1.807) is 13.1 Å². The van der Waals surface area contributed by atoms with Crippen molar-refractivity contribution < 1.29 is 9.53 Å². The first kappa shape index (κ1) is 12.5. The Kier molecular flexibility index (Phi) is 3.07. The van der Waals surface area contributed by atoms with Crippen LogP contribution in [0.4, 0.5) is 0 Å². The van der Waals surface area contributed by atoms with E-state index in [4.69, 9.17) is 4.74 Å². The normalized spacial score (nSPS) is 11.8. The van der Waals surface area contributed by atoms with Crippen molar-refractivity contribution in [3.05, 3.63) is 24.2 Å². The predicted molar refractivity (Wildman–Crippen MR) is 68.2 cm³/mol. The molecule has 0 aromatic carbocycles. The first-order valence-corrected chi connectivity index (χ1v) is 5.93. The number of carbonyl (C=O) groups is 1. The zero-order valence-corrected chi connectivity index (χ0v) is 11.1. The van der Waals surface area contributed by atoms with Gasteiger partial charge >= 0.3 is 5.97 Å². The molecule has 5 nitrogen and oxygen atoms in total. The Morgan fingerprint density at radius 2 is 2.22 bits per heavy atom. The molecule has 0 atom stereocenters. The third-order valence-corrected chi connectivity index (χ3v) is 3.00. The number of pyridine rings is 1. The second kappa shape index (κ2) is 4.40. The molecule has 96 valence electrons. The number of fused-ring (bicyclic) bond motifs is 1. The van der Waals surface area contributed by atoms with Gasteiger partial charge in [-0.3, -0.25) is 4.79 Å². The molecule has 5 heteroatoms. The topological polar surface area (TPSA) is 57.0 Å². The smallest absolute Gasteiger partial charge is 0.319 e. The van der Waals surface area contributed by atoms with Crippen LogP contribution < -0.4 is 0 Å². The summed E-state index contributed by atoms with van der Waals surface area (Å²) in [5.74, 6) is 0.387. The summed E-state index contributed by atoms with van der Waals surface area (Å²) in [4.78, 5) is 20.6. The Hall–Kier alpha value is -1.91. The second-order valence-electron chi connectivity index (χ2n) is 4.69. The number of carbonyl (C=O) groups excluding carboxylic acids is 1. The van der Waals surface area contributed by atoms with Crippen LogP contribution >= 0.6 is 0 Å². The average Bonchev–Trinajstić information content (AvgIpc) is 2.68. The molecule has 0 aliphatic rings. The Morgan fingerprint density at radius 1 is 1.50 bits per heavy atom. The summed E-state index contributed by atoms with van der Waals surface area (Å²) >= 11 is 0. The Morgan fingerprint density at radius 3 is 2.83 bits per heavy atom. The average molecular weight is 247 g/mol. The van der Waals surface area contributed by atoms with Crippen molar-refractivity contribution in [2.45, 2.75) is 26.2 Å². The second-order valence-corrected chi connectivity index (χ2v) is 4.69. The minimum absolute atomic E-state index is 0.275. The molecule has 0 N–H and O–H groups in total. The number of imidazole rings is 1. The summed E-state index contributed by atoms with van der Waals surface area (Å²) in [5, 5.41) is 0. The summed E-state index contributed by atoms with van der Waals surface area (Å²) in [6.45, 7) is 5.79. The number of hydrogen-bond acceptors (Lipinski definition) is 4. The molecule has 0 unspecified atom stereocenters. The molecule has 18 heavy (non-hydrogen) atoms. The molecule has 0 saturated carbocycles. The van der Waals surface area contributed by atoms with Crippen molar-refractivity contribution >= 4 is 17.1 Å². The molecule has 0 saturated heterocycles. The van der Waals surface area contributed by atoms with Crippen LogP contribution in [-0.2, 0) is 22.0 Å². The third-order valence-electron chi connectivity index (χ3n) is 3.00. The molecule has 2 heterocycles. The molecule has 0 radical (unpaired) electrons. The van der Waals surface area contributed by atoms with E-state index in [0.717, 1.165) is 5.52 Å². The molecular weight excluding hydrogens is 230 g/mol. The van der Waals surface area contributed by atoms with Crippen molar-refractivity contribution in [3.63, 3.8) is 0 Å². The van der Waals surface area contributed by atoms with Gasteiger partial charge in [-0.2, -0.15) is 0 Å². The van der Waals surface area contributed by atoms with Gasteiger partial charge in [0.1, 0.15) is 11.2 Å². The number of rotatable bonds is 3. The molecule has 0 aliphatic carbocycles. The van der Waals surface area contributed by atoms with Crippen molar-refractivity contribution in [2.24, 2.45) is 7.05 Å².